The molecular weight excluding hydrogens is 246 g/mol. The molecular formula is C18H23NO. The van der Waals surface area contributed by atoms with Crippen LogP contribution in [0.4, 0.5) is 0 Å². The van der Waals surface area contributed by atoms with Gasteiger partial charge in [-0.25, -0.2) is 0 Å². The molecule has 2 heteroatoms. The minimum atomic E-state index is 0.519. The van der Waals surface area contributed by atoms with Crippen LogP contribution < -0.4 is 0 Å². The van der Waals surface area contributed by atoms with Crippen molar-refractivity contribution in [2.24, 2.45) is 16.8 Å². The van der Waals surface area contributed by atoms with Gasteiger partial charge in [0.2, 0.25) is 0 Å². The Kier molecular flexibility index (Phi) is 3.25. The van der Waals surface area contributed by atoms with Crippen molar-refractivity contribution in [3.05, 3.63) is 35.3 Å². The van der Waals surface area contributed by atoms with Gasteiger partial charge in [-0.05, 0) is 63.0 Å². The molecule has 1 aromatic rings. The molecule has 0 spiro atoms. The third kappa shape index (κ3) is 2.15. The number of hydrogen-bond acceptors (Lipinski definition) is 2. The number of furan rings is 1. The van der Waals surface area contributed by atoms with Crippen LogP contribution >= 0.6 is 0 Å². The molecule has 1 heterocycles. The molecule has 0 saturated heterocycles. The predicted octanol–water partition coefficient (Wildman–Crippen LogP) is 4.76. The van der Waals surface area contributed by atoms with Crippen LogP contribution in [0.3, 0.4) is 0 Å². The number of nitrogens with zero attached hydrogens (tertiary/aromatic N) is 1. The second-order valence-corrected chi connectivity index (χ2v) is 6.62. The quantitative estimate of drug-likeness (QED) is 0.561. The fourth-order valence-corrected chi connectivity index (χ4v) is 4.61. The van der Waals surface area contributed by atoms with Gasteiger partial charge in [0, 0.05) is 5.92 Å². The zero-order chi connectivity index (χ0) is 13.4. The van der Waals surface area contributed by atoms with Gasteiger partial charge < -0.3 is 4.42 Å². The Morgan fingerprint density at radius 2 is 2.10 bits per heavy atom. The van der Waals surface area contributed by atoms with E-state index in [9.17, 15) is 0 Å². The van der Waals surface area contributed by atoms with Crippen molar-refractivity contribution >= 4 is 6.21 Å². The molecule has 0 N–H and O–H groups in total. The van der Waals surface area contributed by atoms with Crippen LogP contribution in [0.5, 0.6) is 0 Å². The molecule has 3 atom stereocenters. The standard InChI is InChI=1S/C18H23NO/c1-2-8-16-13(5-1)11-14-6-3-9-17(16)18(14)19-12-15-7-4-10-20-15/h4,7,10,12,14,17-18H,1-3,5-6,8-9,11H2. The largest absolute Gasteiger partial charge is 0.463 e. The monoisotopic (exact) mass is 269 g/mol. The van der Waals surface area contributed by atoms with Crippen molar-refractivity contribution in [2.45, 2.75) is 57.4 Å². The molecule has 0 aromatic carbocycles. The summed E-state index contributed by atoms with van der Waals surface area (Å²) in [6.07, 6.45) is 14.7. The minimum Gasteiger partial charge on any atom is -0.463 e. The first-order valence-electron chi connectivity index (χ1n) is 8.19. The maximum atomic E-state index is 5.39. The second kappa shape index (κ2) is 5.23. The number of fused-ring (bicyclic) bond motifs is 3. The van der Waals surface area contributed by atoms with Gasteiger partial charge in [0.1, 0.15) is 5.76 Å². The van der Waals surface area contributed by atoms with Crippen molar-refractivity contribution in [1.82, 2.24) is 0 Å². The molecule has 2 nitrogen and oxygen atoms in total. The molecule has 1 fully saturated rings. The Balaban J connectivity index is 1.62. The van der Waals surface area contributed by atoms with Crippen LogP contribution in [-0.4, -0.2) is 12.3 Å². The average molecular weight is 269 g/mol. The highest BCUT2D eigenvalue weighted by Gasteiger charge is 2.40. The minimum absolute atomic E-state index is 0.519. The van der Waals surface area contributed by atoms with Crippen LogP contribution in [0, 0.1) is 11.8 Å². The maximum absolute atomic E-state index is 5.39. The van der Waals surface area contributed by atoms with Crippen molar-refractivity contribution in [3.8, 4) is 0 Å². The van der Waals surface area contributed by atoms with Gasteiger partial charge >= 0.3 is 0 Å². The zero-order valence-electron chi connectivity index (χ0n) is 12.1. The van der Waals surface area contributed by atoms with Gasteiger partial charge in [0.25, 0.3) is 0 Å². The molecule has 1 aromatic heterocycles. The van der Waals surface area contributed by atoms with E-state index in [2.05, 4.69) is 0 Å². The first-order valence-corrected chi connectivity index (χ1v) is 8.19. The molecule has 0 aliphatic heterocycles. The summed E-state index contributed by atoms with van der Waals surface area (Å²) in [5.74, 6) is 2.42. The van der Waals surface area contributed by atoms with E-state index < -0.39 is 0 Å². The lowest BCUT2D eigenvalue weighted by Gasteiger charge is -2.44. The summed E-state index contributed by atoms with van der Waals surface area (Å²) in [7, 11) is 0. The highest BCUT2D eigenvalue weighted by atomic mass is 16.3. The zero-order valence-corrected chi connectivity index (χ0v) is 12.1. The van der Waals surface area contributed by atoms with Crippen LogP contribution in [0.15, 0.2) is 39.0 Å². The molecule has 4 rings (SSSR count). The highest BCUT2D eigenvalue weighted by Crippen LogP contribution is 2.49. The van der Waals surface area contributed by atoms with Crippen molar-refractivity contribution < 1.29 is 4.42 Å². The molecule has 1 saturated carbocycles. The first-order chi connectivity index (χ1) is 9.92. The van der Waals surface area contributed by atoms with Gasteiger partial charge in [-0.1, -0.05) is 17.6 Å². The summed E-state index contributed by atoms with van der Waals surface area (Å²) in [4.78, 5) is 4.95. The van der Waals surface area contributed by atoms with Crippen LogP contribution in [0.1, 0.15) is 57.1 Å². The van der Waals surface area contributed by atoms with Gasteiger partial charge in [0.15, 0.2) is 0 Å². The Morgan fingerprint density at radius 1 is 1.15 bits per heavy atom. The Morgan fingerprint density at radius 3 is 3.00 bits per heavy atom. The van der Waals surface area contributed by atoms with E-state index in [0.29, 0.717) is 6.04 Å². The van der Waals surface area contributed by atoms with Gasteiger partial charge in [-0.2, -0.15) is 0 Å². The number of hydrogen-bond donors (Lipinski definition) is 0. The topological polar surface area (TPSA) is 25.5 Å². The predicted molar refractivity (Wildman–Crippen MR) is 81.0 cm³/mol. The number of aliphatic imine (C=N–C) groups is 1. The highest BCUT2D eigenvalue weighted by molar-refractivity contribution is 5.75. The number of allylic oxidation sites excluding steroid dienone is 1. The summed E-state index contributed by atoms with van der Waals surface area (Å²) in [6, 6.07) is 4.45. The Bertz CT molecular complexity index is 526. The Labute approximate surface area is 121 Å². The van der Waals surface area contributed by atoms with Crippen molar-refractivity contribution in [1.29, 1.82) is 0 Å². The lowest BCUT2D eigenvalue weighted by atomic mass is 9.63. The summed E-state index contributed by atoms with van der Waals surface area (Å²) < 4.78 is 5.39. The van der Waals surface area contributed by atoms with Crippen LogP contribution in [-0.2, 0) is 0 Å². The third-order valence-corrected chi connectivity index (χ3v) is 5.49. The van der Waals surface area contributed by atoms with Crippen LogP contribution in [0.2, 0.25) is 0 Å². The van der Waals surface area contributed by atoms with Gasteiger partial charge in [0.05, 0.1) is 18.5 Å². The third-order valence-electron chi connectivity index (χ3n) is 5.49. The van der Waals surface area contributed by atoms with Gasteiger partial charge in [-0.15, -0.1) is 0 Å². The fourth-order valence-electron chi connectivity index (χ4n) is 4.61. The molecule has 3 aliphatic carbocycles. The Hall–Kier alpha value is -1.31. The van der Waals surface area contributed by atoms with Crippen molar-refractivity contribution in [3.63, 3.8) is 0 Å². The van der Waals surface area contributed by atoms with E-state index in [0.717, 1.165) is 17.6 Å². The summed E-state index contributed by atoms with van der Waals surface area (Å²) >= 11 is 0. The fraction of sp³-hybridized carbons (Fsp3) is 0.611. The van der Waals surface area contributed by atoms with E-state index in [1.807, 2.05) is 23.9 Å². The SMILES string of the molecule is C(=NC1C2CCCC1C1=C(CCCC1)C2)c1ccco1. The average Bonchev–Trinajstić information content (AvgIpc) is 2.98. The molecule has 3 aliphatic rings. The lowest BCUT2D eigenvalue weighted by molar-refractivity contribution is 0.215. The van der Waals surface area contributed by atoms with E-state index in [-0.39, 0.29) is 0 Å². The second-order valence-electron chi connectivity index (χ2n) is 6.62. The number of rotatable bonds is 2. The molecule has 106 valence electrons. The molecule has 2 bridgehead atoms. The molecule has 3 unspecified atom stereocenters. The molecule has 20 heavy (non-hydrogen) atoms. The van der Waals surface area contributed by atoms with E-state index in [1.54, 1.807) is 11.8 Å². The van der Waals surface area contributed by atoms with Crippen LogP contribution in [0.25, 0.3) is 0 Å². The summed E-state index contributed by atoms with van der Waals surface area (Å²) in [5, 5.41) is 0. The molecule has 0 amide bonds. The van der Waals surface area contributed by atoms with E-state index >= 15 is 0 Å². The van der Waals surface area contributed by atoms with E-state index in [4.69, 9.17) is 9.41 Å². The van der Waals surface area contributed by atoms with Gasteiger partial charge in [-0.3, -0.25) is 4.99 Å². The van der Waals surface area contributed by atoms with E-state index in [1.165, 1.54) is 51.4 Å². The normalized spacial score (nSPS) is 33.5. The first kappa shape index (κ1) is 12.4. The lowest BCUT2D eigenvalue weighted by Crippen LogP contribution is -2.38. The summed E-state index contributed by atoms with van der Waals surface area (Å²) in [5.41, 5.74) is 3.61. The van der Waals surface area contributed by atoms with Crippen molar-refractivity contribution in [2.75, 3.05) is 0 Å². The molecule has 0 radical (unpaired) electrons. The smallest absolute Gasteiger partial charge is 0.144 e. The summed E-state index contributed by atoms with van der Waals surface area (Å²) in [6.45, 7) is 0. The maximum Gasteiger partial charge on any atom is 0.144 e.